The van der Waals surface area contributed by atoms with Crippen LogP contribution in [0.1, 0.15) is 18.9 Å². The summed E-state index contributed by atoms with van der Waals surface area (Å²) in [7, 11) is 0. The van der Waals surface area contributed by atoms with E-state index in [1.54, 1.807) is 24.3 Å². The minimum Gasteiger partial charge on any atom is -0.478 e. The van der Waals surface area contributed by atoms with Crippen LogP contribution in [0, 0.1) is 5.92 Å². The van der Waals surface area contributed by atoms with Crippen molar-refractivity contribution >= 4 is 23.6 Å². The fraction of sp³-hybridized carbons (Fsp3) is 0.286. The fourth-order valence-electron chi connectivity index (χ4n) is 1.53. The Morgan fingerprint density at radius 2 is 2.21 bits per heavy atom. The van der Waals surface area contributed by atoms with E-state index >= 15 is 0 Å². The van der Waals surface area contributed by atoms with Gasteiger partial charge in [0.25, 0.3) is 0 Å². The van der Waals surface area contributed by atoms with E-state index in [-0.39, 0.29) is 11.8 Å². The second-order valence-electron chi connectivity index (χ2n) is 4.26. The van der Waals surface area contributed by atoms with E-state index < -0.39 is 5.97 Å². The summed E-state index contributed by atoms with van der Waals surface area (Å²) in [6.07, 6.45) is 3.16. The van der Waals surface area contributed by atoms with Crippen LogP contribution in [-0.4, -0.2) is 23.5 Å². The molecule has 0 spiro atoms. The molecule has 0 saturated carbocycles. The van der Waals surface area contributed by atoms with Crippen molar-refractivity contribution in [2.24, 2.45) is 11.7 Å². The van der Waals surface area contributed by atoms with Crippen molar-refractivity contribution in [1.82, 2.24) is 0 Å². The van der Waals surface area contributed by atoms with Gasteiger partial charge in [0.1, 0.15) is 0 Å². The number of nitrogens with one attached hydrogen (secondary N) is 1. The zero-order valence-corrected chi connectivity index (χ0v) is 10.8. The summed E-state index contributed by atoms with van der Waals surface area (Å²) in [5, 5.41) is 11.3. The predicted molar refractivity (Wildman–Crippen MR) is 74.6 cm³/mol. The summed E-state index contributed by atoms with van der Waals surface area (Å²) in [4.78, 5) is 22.2. The molecule has 5 heteroatoms. The lowest BCUT2D eigenvalue weighted by Crippen LogP contribution is -2.22. The van der Waals surface area contributed by atoms with Crippen molar-refractivity contribution in [3.05, 3.63) is 35.9 Å². The maximum absolute atomic E-state index is 11.8. The van der Waals surface area contributed by atoms with E-state index in [0.717, 1.165) is 6.08 Å². The molecule has 0 aromatic heterocycles. The monoisotopic (exact) mass is 262 g/mol. The average molecular weight is 262 g/mol. The zero-order chi connectivity index (χ0) is 14.3. The van der Waals surface area contributed by atoms with E-state index in [9.17, 15) is 9.59 Å². The Kier molecular flexibility index (Phi) is 5.75. The highest BCUT2D eigenvalue weighted by Crippen LogP contribution is 2.14. The first-order chi connectivity index (χ1) is 9.02. The van der Waals surface area contributed by atoms with Crippen molar-refractivity contribution in [2.75, 3.05) is 11.9 Å². The molecular formula is C14H18N2O3. The highest BCUT2D eigenvalue weighted by molar-refractivity contribution is 5.92. The number of amides is 1. The molecule has 19 heavy (non-hydrogen) atoms. The number of hydrogen-bond acceptors (Lipinski definition) is 3. The Morgan fingerprint density at radius 1 is 1.47 bits per heavy atom. The minimum atomic E-state index is -1.01. The average Bonchev–Trinajstić information content (AvgIpc) is 2.37. The number of hydrogen-bond donors (Lipinski definition) is 3. The lowest BCUT2D eigenvalue weighted by molar-refractivity contribution is -0.131. The second kappa shape index (κ2) is 7.33. The Bertz CT molecular complexity index is 483. The molecule has 1 rings (SSSR count). The molecular weight excluding hydrogens is 244 g/mol. The third-order valence-electron chi connectivity index (χ3n) is 2.62. The molecule has 0 aliphatic carbocycles. The Hall–Kier alpha value is -2.14. The van der Waals surface area contributed by atoms with Crippen molar-refractivity contribution in [3.8, 4) is 0 Å². The summed E-state index contributed by atoms with van der Waals surface area (Å²) in [5.41, 5.74) is 6.76. The van der Waals surface area contributed by atoms with Gasteiger partial charge < -0.3 is 16.2 Å². The summed E-state index contributed by atoms with van der Waals surface area (Å²) >= 11 is 0. The zero-order valence-electron chi connectivity index (χ0n) is 10.8. The van der Waals surface area contributed by atoms with Crippen molar-refractivity contribution < 1.29 is 14.7 Å². The Balaban J connectivity index is 2.72. The number of anilines is 1. The van der Waals surface area contributed by atoms with Crippen LogP contribution < -0.4 is 11.1 Å². The van der Waals surface area contributed by atoms with E-state index in [1.165, 1.54) is 6.08 Å². The standard InChI is InChI=1S/C14H18N2O3/c1-10(7-8-15)14(19)16-12-4-2-3-11(9-12)5-6-13(17)18/h2-6,9-10H,7-8,15H2,1H3,(H,16,19)(H,17,18)/b6-5+. The highest BCUT2D eigenvalue weighted by Gasteiger charge is 2.11. The Morgan fingerprint density at radius 3 is 2.84 bits per heavy atom. The molecule has 1 unspecified atom stereocenters. The summed E-state index contributed by atoms with van der Waals surface area (Å²) in [6.45, 7) is 2.28. The van der Waals surface area contributed by atoms with Gasteiger partial charge in [0, 0.05) is 17.7 Å². The van der Waals surface area contributed by atoms with Crippen LogP contribution in [0.25, 0.3) is 6.08 Å². The number of carboxylic acids is 1. The second-order valence-corrected chi connectivity index (χ2v) is 4.26. The van der Waals surface area contributed by atoms with Crippen molar-refractivity contribution in [3.63, 3.8) is 0 Å². The number of carboxylic acid groups (broad SMARTS) is 1. The summed E-state index contributed by atoms with van der Waals surface area (Å²) in [6, 6.07) is 6.99. The SMILES string of the molecule is CC(CCN)C(=O)Nc1cccc(/C=C/C(=O)O)c1. The van der Waals surface area contributed by atoms with Gasteiger partial charge in [-0.25, -0.2) is 4.79 Å². The molecule has 1 amide bonds. The number of benzene rings is 1. The molecule has 102 valence electrons. The molecule has 1 aromatic carbocycles. The molecule has 0 saturated heterocycles. The van der Waals surface area contributed by atoms with E-state index in [2.05, 4.69) is 5.32 Å². The molecule has 0 bridgehead atoms. The molecule has 1 atom stereocenters. The van der Waals surface area contributed by atoms with Gasteiger partial charge in [-0.05, 0) is 36.7 Å². The smallest absolute Gasteiger partial charge is 0.328 e. The van der Waals surface area contributed by atoms with Gasteiger partial charge in [-0.15, -0.1) is 0 Å². The van der Waals surface area contributed by atoms with Gasteiger partial charge in [0.05, 0.1) is 0 Å². The predicted octanol–water partition coefficient (Wildman–Crippen LogP) is 1.71. The number of aliphatic carboxylic acids is 1. The number of nitrogens with two attached hydrogens (primary N) is 1. The number of carbonyl (C=O) groups excluding carboxylic acids is 1. The van der Waals surface area contributed by atoms with E-state index in [4.69, 9.17) is 10.8 Å². The first kappa shape index (κ1) is 14.9. The first-order valence-corrected chi connectivity index (χ1v) is 6.05. The lowest BCUT2D eigenvalue weighted by Gasteiger charge is -2.11. The molecule has 0 fully saturated rings. The fourth-order valence-corrected chi connectivity index (χ4v) is 1.53. The molecule has 0 aliphatic heterocycles. The van der Waals surface area contributed by atoms with Crippen molar-refractivity contribution in [2.45, 2.75) is 13.3 Å². The number of carbonyl (C=O) groups is 2. The third-order valence-corrected chi connectivity index (χ3v) is 2.62. The Labute approximate surface area is 112 Å². The van der Waals surface area contributed by atoms with Crippen LogP contribution in [0.5, 0.6) is 0 Å². The van der Waals surface area contributed by atoms with Gasteiger partial charge in [0.15, 0.2) is 0 Å². The first-order valence-electron chi connectivity index (χ1n) is 6.05. The summed E-state index contributed by atoms with van der Waals surface area (Å²) in [5.74, 6) is -1.25. The van der Waals surface area contributed by atoms with Crippen LogP contribution in [-0.2, 0) is 9.59 Å². The lowest BCUT2D eigenvalue weighted by atomic mass is 10.1. The highest BCUT2D eigenvalue weighted by atomic mass is 16.4. The molecule has 4 N–H and O–H groups in total. The van der Waals surface area contributed by atoms with Crippen molar-refractivity contribution in [1.29, 1.82) is 0 Å². The quantitative estimate of drug-likeness (QED) is 0.680. The van der Waals surface area contributed by atoms with E-state index in [1.807, 2.05) is 6.92 Å². The van der Waals surface area contributed by atoms with Crippen LogP contribution >= 0.6 is 0 Å². The third kappa shape index (κ3) is 5.35. The molecule has 0 heterocycles. The van der Waals surface area contributed by atoms with Gasteiger partial charge >= 0.3 is 5.97 Å². The van der Waals surface area contributed by atoms with Gasteiger partial charge in [0.2, 0.25) is 5.91 Å². The van der Waals surface area contributed by atoms with Crippen LogP contribution in [0.4, 0.5) is 5.69 Å². The van der Waals surface area contributed by atoms with Gasteiger partial charge in [-0.3, -0.25) is 4.79 Å². The normalized spacial score (nSPS) is 12.3. The van der Waals surface area contributed by atoms with E-state index in [0.29, 0.717) is 24.2 Å². The van der Waals surface area contributed by atoms with Gasteiger partial charge in [-0.2, -0.15) is 0 Å². The maximum Gasteiger partial charge on any atom is 0.328 e. The van der Waals surface area contributed by atoms with Crippen LogP contribution in [0.3, 0.4) is 0 Å². The minimum absolute atomic E-state index is 0.0928. The van der Waals surface area contributed by atoms with Crippen LogP contribution in [0.15, 0.2) is 30.3 Å². The molecule has 0 radical (unpaired) electrons. The largest absolute Gasteiger partial charge is 0.478 e. The van der Waals surface area contributed by atoms with Crippen LogP contribution in [0.2, 0.25) is 0 Å². The topological polar surface area (TPSA) is 92.4 Å². The van der Waals surface area contributed by atoms with Gasteiger partial charge in [-0.1, -0.05) is 19.1 Å². The summed E-state index contributed by atoms with van der Waals surface area (Å²) < 4.78 is 0. The molecule has 5 nitrogen and oxygen atoms in total. The molecule has 0 aliphatic rings. The molecule has 1 aromatic rings. The maximum atomic E-state index is 11.8. The number of rotatable bonds is 6.